The third-order valence-corrected chi connectivity index (χ3v) is 6.12. The van der Waals surface area contributed by atoms with E-state index in [4.69, 9.17) is 11.6 Å². The van der Waals surface area contributed by atoms with Crippen LogP contribution in [0.4, 0.5) is 5.95 Å². The Bertz CT molecular complexity index is 1070. The Kier molecular flexibility index (Phi) is 4.58. The summed E-state index contributed by atoms with van der Waals surface area (Å²) in [6.07, 6.45) is 5.73. The minimum Gasteiger partial charge on any atom is -0.349 e. The predicted molar refractivity (Wildman–Crippen MR) is 110 cm³/mol. The summed E-state index contributed by atoms with van der Waals surface area (Å²) < 4.78 is 1.67. The zero-order valence-corrected chi connectivity index (χ0v) is 16.9. The van der Waals surface area contributed by atoms with Gasteiger partial charge in [0.05, 0.1) is 11.1 Å². The van der Waals surface area contributed by atoms with E-state index in [0.717, 1.165) is 47.8 Å². The molecule has 1 aliphatic carbocycles. The van der Waals surface area contributed by atoms with E-state index in [0.29, 0.717) is 11.5 Å². The van der Waals surface area contributed by atoms with Gasteiger partial charge >= 0.3 is 0 Å². The van der Waals surface area contributed by atoms with Crippen molar-refractivity contribution in [1.82, 2.24) is 30.5 Å². The second kappa shape index (κ2) is 7.26. The standard InChI is InChI=1S/C20H22ClN7O/c1-27-20(24-25-26-27)28-6-4-15(5-7-28)23-19(29)14-8-13-9-17(21)16(12-2-3-12)10-18(13)22-11-14/h8-12,15H,2-7H2,1H3,(H,23,29). The zero-order chi connectivity index (χ0) is 20.0. The molecule has 9 heteroatoms. The maximum atomic E-state index is 12.8. The number of carbonyl (C=O) groups is 1. The van der Waals surface area contributed by atoms with Crippen LogP contribution in [-0.2, 0) is 7.05 Å². The van der Waals surface area contributed by atoms with Crippen LogP contribution in [0.15, 0.2) is 24.4 Å². The molecule has 1 aliphatic heterocycles. The average Bonchev–Trinajstić information content (AvgIpc) is 3.48. The fourth-order valence-corrected chi connectivity index (χ4v) is 4.31. The summed E-state index contributed by atoms with van der Waals surface area (Å²) in [5.74, 6) is 1.23. The lowest BCUT2D eigenvalue weighted by molar-refractivity contribution is 0.0931. The lowest BCUT2D eigenvalue weighted by atomic mass is 10.0. The highest BCUT2D eigenvalue weighted by molar-refractivity contribution is 6.32. The van der Waals surface area contributed by atoms with Gasteiger partial charge in [-0.25, -0.2) is 4.68 Å². The molecule has 1 amide bonds. The number of amides is 1. The van der Waals surface area contributed by atoms with Crippen LogP contribution in [0.2, 0.25) is 5.02 Å². The Morgan fingerprint density at radius 3 is 2.66 bits per heavy atom. The number of pyridine rings is 1. The molecule has 2 aromatic heterocycles. The molecule has 29 heavy (non-hydrogen) atoms. The van der Waals surface area contributed by atoms with E-state index in [2.05, 4.69) is 36.8 Å². The Balaban J connectivity index is 1.25. The Hall–Kier alpha value is -2.74. The quantitative estimate of drug-likeness (QED) is 0.710. The second-order valence-electron chi connectivity index (χ2n) is 7.90. The topological polar surface area (TPSA) is 88.8 Å². The Morgan fingerprint density at radius 1 is 1.17 bits per heavy atom. The molecule has 2 fully saturated rings. The van der Waals surface area contributed by atoms with E-state index in [1.807, 2.05) is 19.2 Å². The molecule has 150 valence electrons. The molecule has 3 aromatic rings. The van der Waals surface area contributed by atoms with Gasteiger partial charge in [-0.3, -0.25) is 9.78 Å². The Morgan fingerprint density at radius 2 is 1.97 bits per heavy atom. The molecule has 8 nitrogen and oxygen atoms in total. The van der Waals surface area contributed by atoms with Crippen LogP contribution in [0.1, 0.15) is 47.5 Å². The molecule has 3 heterocycles. The third kappa shape index (κ3) is 3.64. The van der Waals surface area contributed by atoms with E-state index in [9.17, 15) is 4.79 Å². The van der Waals surface area contributed by atoms with E-state index < -0.39 is 0 Å². The molecule has 1 saturated heterocycles. The minimum absolute atomic E-state index is 0.0967. The van der Waals surface area contributed by atoms with Gasteiger partial charge in [-0.05, 0) is 65.8 Å². The number of hydrogen-bond donors (Lipinski definition) is 1. The predicted octanol–water partition coefficient (Wildman–Crippen LogP) is 2.69. The highest BCUT2D eigenvalue weighted by Crippen LogP contribution is 2.44. The number of aromatic nitrogens is 5. The fraction of sp³-hybridized carbons (Fsp3) is 0.450. The summed E-state index contributed by atoms with van der Waals surface area (Å²) in [4.78, 5) is 19.4. The fourth-order valence-electron chi connectivity index (χ4n) is 3.98. The highest BCUT2D eigenvalue weighted by Gasteiger charge is 2.27. The van der Waals surface area contributed by atoms with Gasteiger partial charge < -0.3 is 10.2 Å². The molecule has 5 rings (SSSR count). The summed E-state index contributed by atoms with van der Waals surface area (Å²) in [6, 6.07) is 5.99. The van der Waals surface area contributed by atoms with Gasteiger partial charge in [0.15, 0.2) is 0 Å². The van der Waals surface area contributed by atoms with Gasteiger partial charge in [0.1, 0.15) is 0 Å². The van der Waals surface area contributed by atoms with Crippen LogP contribution in [0.5, 0.6) is 0 Å². The monoisotopic (exact) mass is 411 g/mol. The number of tetrazole rings is 1. The Labute approximate surface area is 173 Å². The van der Waals surface area contributed by atoms with Gasteiger partial charge in [-0.1, -0.05) is 16.7 Å². The van der Waals surface area contributed by atoms with Crippen molar-refractivity contribution in [1.29, 1.82) is 0 Å². The van der Waals surface area contributed by atoms with Crippen molar-refractivity contribution in [3.05, 3.63) is 40.5 Å². The summed E-state index contributed by atoms with van der Waals surface area (Å²) >= 11 is 6.44. The summed E-state index contributed by atoms with van der Waals surface area (Å²) in [6.45, 7) is 1.60. The minimum atomic E-state index is -0.0967. The first kappa shape index (κ1) is 18.3. The normalized spacial score (nSPS) is 17.7. The molecule has 2 aliphatic rings. The lowest BCUT2D eigenvalue weighted by Gasteiger charge is -2.32. The number of fused-ring (bicyclic) bond motifs is 1. The van der Waals surface area contributed by atoms with Gasteiger partial charge in [-0.2, -0.15) is 0 Å². The number of hydrogen-bond acceptors (Lipinski definition) is 6. The molecule has 1 saturated carbocycles. The molecular weight excluding hydrogens is 390 g/mol. The van der Waals surface area contributed by atoms with Gasteiger partial charge in [0.2, 0.25) is 5.95 Å². The van der Waals surface area contributed by atoms with Crippen LogP contribution in [-0.4, -0.2) is 50.2 Å². The molecular formula is C20H22ClN7O. The first-order valence-electron chi connectivity index (χ1n) is 9.96. The van der Waals surface area contributed by atoms with Gasteiger partial charge in [0.25, 0.3) is 5.91 Å². The van der Waals surface area contributed by atoms with Gasteiger partial charge in [-0.15, -0.1) is 0 Å². The van der Waals surface area contributed by atoms with Crippen LogP contribution in [0, 0.1) is 0 Å². The SMILES string of the molecule is Cn1nnnc1N1CCC(NC(=O)c2cnc3cc(C4CC4)c(Cl)cc3c2)CC1. The number of benzene rings is 1. The van der Waals surface area contributed by atoms with Crippen molar-refractivity contribution < 1.29 is 4.79 Å². The number of anilines is 1. The molecule has 0 spiro atoms. The number of rotatable bonds is 4. The average molecular weight is 412 g/mol. The number of piperidine rings is 1. The van der Waals surface area contributed by atoms with E-state index >= 15 is 0 Å². The van der Waals surface area contributed by atoms with Crippen molar-refractivity contribution in [2.75, 3.05) is 18.0 Å². The van der Waals surface area contributed by atoms with Crippen molar-refractivity contribution in [3.63, 3.8) is 0 Å². The first-order chi connectivity index (χ1) is 14.1. The summed E-state index contributed by atoms with van der Waals surface area (Å²) in [5.41, 5.74) is 2.62. The van der Waals surface area contributed by atoms with E-state index in [1.54, 1.807) is 10.9 Å². The van der Waals surface area contributed by atoms with Crippen molar-refractivity contribution in [2.45, 2.75) is 37.6 Å². The number of halogens is 1. The van der Waals surface area contributed by atoms with E-state index in [-0.39, 0.29) is 11.9 Å². The van der Waals surface area contributed by atoms with Crippen molar-refractivity contribution in [2.24, 2.45) is 7.05 Å². The molecule has 0 unspecified atom stereocenters. The number of nitrogens with one attached hydrogen (secondary N) is 1. The third-order valence-electron chi connectivity index (χ3n) is 5.79. The molecule has 1 aromatic carbocycles. The van der Waals surface area contributed by atoms with Crippen molar-refractivity contribution >= 4 is 34.4 Å². The summed E-state index contributed by atoms with van der Waals surface area (Å²) in [5, 5.41) is 16.4. The molecule has 1 N–H and O–H groups in total. The largest absolute Gasteiger partial charge is 0.349 e. The second-order valence-corrected chi connectivity index (χ2v) is 8.31. The molecule has 0 atom stereocenters. The number of nitrogens with zero attached hydrogens (tertiary/aromatic N) is 6. The lowest BCUT2D eigenvalue weighted by Crippen LogP contribution is -2.45. The number of aryl methyl sites for hydroxylation is 1. The molecule has 0 radical (unpaired) electrons. The summed E-state index contributed by atoms with van der Waals surface area (Å²) in [7, 11) is 1.83. The zero-order valence-electron chi connectivity index (χ0n) is 16.2. The van der Waals surface area contributed by atoms with Gasteiger partial charge in [0, 0.05) is 42.8 Å². The van der Waals surface area contributed by atoms with E-state index in [1.165, 1.54) is 18.4 Å². The first-order valence-corrected chi connectivity index (χ1v) is 10.3. The van der Waals surface area contributed by atoms with Crippen LogP contribution >= 0.6 is 11.6 Å². The maximum Gasteiger partial charge on any atom is 0.253 e. The number of carbonyl (C=O) groups excluding carboxylic acids is 1. The van der Waals surface area contributed by atoms with Crippen LogP contribution in [0.25, 0.3) is 10.9 Å². The van der Waals surface area contributed by atoms with Crippen LogP contribution < -0.4 is 10.2 Å². The smallest absolute Gasteiger partial charge is 0.253 e. The highest BCUT2D eigenvalue weighted by atomic mass is 35.5. The van der Waals surface area contributed by atoms with Crippen molar-refractivity contribution in [3.8, 4) is 0 Å². The maximum absolute atomic E-state index is 12.8. The molecule has 0 bridgehead atoms. The van der Waals surface area contributed by atoms with Crippen LogP contribution in [0.3, 0.4) is 0 Å².